The molecule has 2 N–H and O–H groups in total. The minimum atomic E-state index is -5.84. The van der Waals surface area contributed by atoms with Crippen molar-refractivity contribution in [1.29, 1.82) is 0 Å². The number of carbonyl (C=O) groups is 1. The summed E-state index contributed by atoms with van der Waals surface area (Å²) in [6.07, 6.45) is 0.790. The monoisotopic (exact) mass is 351 g/mol. The highest BCUT2D eigenvalue weighted by molar-refractivity contribution is 7.86. The number of nitrogens with one attached hydrogen (secondary N) is 1. The summed E-state index contributed by atoms with van der Waals surface area (Å²) in [6, 6.07) is 0. The summed E-state index contributed by atoms with van der Waals surface area (Å²) in [6.45, 7) is 7.18. The molecule has 1 amide bonds. The van der Waals surface area contributed by atoms with Crippen LogP contribution >= 0.6 is 0 Å². The van der Waals surface area contributed by atoms with E-state index in [-0.39, 0.29) is 12.1 Å². The van der Waals surface area contributed by atoms with E-state index in [0.29, 0.717) is 10.1 Å². The van der Waals surface area contributed by atoms with Gasteiger partial charge in [-0.15, -0.1) is 0 Å². The van der Waals surface area contributed by atoms with E-state index >= 15 is 0 Å². The lowest BCUT2D eigenvalue weighted by Gasteiger charge is -2.32. The minimum Gasteiger partial charge on any atom is -0.304 e. The molecule has 0 fully saturated rings. The number of hydroxylamine groups is 1. The molecule has 0 spiro atoms. The standard InChI is InChI=1S/C10H20N2O2.CHF3O3S/c1-7-9(12(4,5)6)14-11-10(13)8(2)3;2-1(3,4)8(5,6)7/h9H,2,7H2,1,3-6H3;(H,5,6,7)/p+1. The average Bonchev–Trinajstić information content (AvgIpc) is 2.25. The summed E-state index contributed by atoms with van der Waals surface area (Å²) in [4.78, 5) is 16.4. The van der Waals surface area contributed by atoms with Gasteiger partial charge in [-0.1, -0.05) is 13.5 Å². The third-order valence-electron chi connectivity index (χ3n) is 2.18. The van der Waals surface area contributed by atoms with E-state index in [9.17, 15) is 18.0 Å². The molecule has 22 heavy (non-hydrogen) atoms. The second kappa shape index (κ2) is 8.46. The predicted octanol–water partition coefficient (Wildman–Crippen LogP) is 1.45. The van der Waals surface area contributed by atoms with Crippen molar-refractivity contribution in [2.75, 3.05) is 21.1 Å². The van der Waals surface area contributed by atoms with E-state index in [0.717, 1.165) is 6.42 Å². The van der Waals surface area contributed by atoms with Crippen molar-refractivity contribution < 1.29 is 40.3 Å². The number of nitrogens with zero attached hydrogens (tertiary/aromatic N) is 1. The smallest absolute Gasteiger partial charge is 0.304 e. The third kappa shape index (κ3) is 9.71. The van der Waals surface area contributed by atoms with Gasteiger partial charge >= 0.3 is 15.6 Å². The van der Waals surface area contributed by atoms with Gasteiger partial charge in [0.25, 0.3) is 5.91 Å². The van der Waals surface area contributed by atoms with E-state index in [4.69, 9.17) is 17.8 Å². The van der Waals surface area contributed by atoms with Gasteiger partial charge in [0.1, 0.15) is 0 Å². The van der Waals surface area contributed by atoms with Crippen LogP contribution in [0.1, 0.15) is 20.3 Å². The fraction of sp³-hybridized carbons (Fsp3) is 0.727. The van der Waals surface area contributed by atoms with Crippen LogP contribution in [0.15, 0.2) is 12.2 Å². The third-order valence-corrected chi connectivity index (χ3v) is 2.77. The molecule has 7 nitrogen and oxygen atoms in total. The molecule has 0 aliphatic carbocycles. The van der Waals surface area contributed by atoms with Crippen LogP contribution in [0.4, 0.5) is 13.2 Å². The average molecular weight is 351 g/mol. The number of alkyl halides is 3. The van der Waals surface area contributed by atoms with Crippen LogP contribution in [-0.2, 0) is 19.8 Å². The number of hydrogen-bond donors (Lipinski definition) is 2. The van der Waals surface area contributed by atoms with E-state index in [1.54, 1.807) is 6.92 Å². The molecule has 0 aromatic rings. The maximum absolute atomic E-state index is 11.1. The van der Waals surface area contributed by atoms with Crippen LogP contribution in [0.25, 0.3) is 0 Å². The normalized spacial score (nSPS) is 13.7. The molecule has 0 aromatic heterocycles. The molecule has 0 radical (unpaired) electrons. The number of quaternary nitrogens is 1. The van der Waals surface area contributed by atoms with E-state index in [1.165, 1.54) is 0 Å². The van der Waals surface area contributed by atoms with Gasteiger partial charge in [0, 0.05) is 12.0 Å². The van der Waals surface area contributed by atoms with Gasteiger partial charge in [-0.05, 0) is 6.92 Å². The number of carbonyl (C=O) groups excluding carboxylic acids is 1. The van der Waals surface area contributed by atoms with Gasteiger partial charge in [0.2, 0.25) is 6.23 Å². The Morgan fingerprint density at radius 2 is 1.73 bits per heavy atom. The highest BCUT2D eigenvalue weighted by Crippen LogP contribution is 2.20. The molecule has 0 aliphatic rings. The summed E-state index contributed by atoms with van der Waals surface area (Å²) in [5, 5.41) is 0. The maximum atomic E-state index is 11.1. The first kappa shape index (κ1) is 23.1. The fourth-order valence-electron chi connectivity index (χ4n) is 0.998. The summed E-state index contributed by atoms with van der Waals surface area (Å²) in [5.41, 5.74) is -2.70. The molecule has 11 heteroatoms. The lowest BCUT2D eigenvalue weighted by molar-refractivity contribution is -0.921. The van der Waals surface area contributed by atoms with Crippen LogP contribution < -0.4 is 5.48 Å². The van der Waals surface area contributed by atoms with Crippen molar-refractivity contribution in [3.63, 3.8) is 0 Å². The zero-order valence-corrected chi connectivity index (χ0v) is 13.9. The van der Waals surface area contributed by atoms with Crippen LogP contribution in [-0.4, -0.2) is 56.2 Å². The highest BCUT2D eigenvalue weighted by Gasteiger charge is 2.44. The minimum absolute atomic E-state index is 0.0432. The van der Waals surface area contributed by atoms with Gasteiger partial charge in [-0.25, -0.2) is 10.3 Å². The number of hydrogen-bond acceptors (Lipinski definition) is 4. The van der Waals surface area contributed by atoms with Crippen LogP contribution in [0.5, 0.6) is 0 Å². The van der Waals surface area contributed by atoms with E-state index in [2.05, 4.69) is 12.1 Å². The summed E-state index contributed by atoms with van der Waals surface area (Å²) in [7, 11) is 0.205. The molecular weight excluding hydrogens is 329 g/mol. The Labute approximate surface area is 128 Å². The molecule has 132 valence electrons. The first-order chi connectivity index (χ1) is 9.54. The maximum Gasteiger partial charge on any atom is 0.522 e. The molecule has 0 saturated heterocycles. The van der Waals surface area contributed by atoms with Crippen molar-refractivity contribution in [2.24, 2.45) is 0 Å². The second-order valence-electron chi connectivity index (χ2n) is 5.23. The van der Waals surface area contributed by atoms with Crippen molar-refractivity contribution in [1.82, 2.24) is 5.48 Å². The Balaban J connectivity index is 0. The molecule has 0 rings (SSSR count). The van der Waals surface area contributed by atoms with Crippen molar-refractivity contribution >= 4 is 16.0 Å². The van der Waals surface area contributed by atoms with Gasteiger partial charge < -0.3 is 4.48 Å². The molecule has 1 unspecified atom stereocenters. The van der Waals surface area contributed by atoms with Crippen molar-refractivity contribution in [3.8, 4) is 0 Å². The fourth-order valence-corrected chi connectivity index (χ4v) is 0.998. The number of amides is 1. The van der Waals surface area contributed by atoms with E-state index in [1.807, 2.05) is 28.1 Å². The van der Waals surface area contributed by atoms with Crippen molar-refractivity contribution in [2.45, 2.75) is 32.0 Å². The molecule has 0 bridgehead atoms. The first-order valence-electron chi connectivity index (χ1n) is 6.00. The Morgan fingerprint density at radius 3 is 1.91 bits per heavy atom. The lowest BCUT2D eigenvalue weighted by Crippen LogP contribution is -2.49. The second-order valence-corrected chi connectivity index (χ2v) is 6.64. The Bertz CT molecular complexity index is 483. The molecule has 0 saturated carbocycles. The summed E-state index contributed by atoms with van der Waals surface area (Å²) in [5.74, 6) is -0.267. The topological polar surface area (TPSA) is 92.7 Å². The van der Waals surface area contributed by atoms with Gasteiger partial charge in [0.05, 0.1) is 21.1 Å². The van der Waals surface area contributed by atoms with Crippen LogP contribution in [0, 0.1) is 0 Å². The largest absolute Gasteiger partial charge is 0.522 e. The molecule has 1 atom stereocenters. The summed E-state index contributed by atoms with van der Waals surface area (Å²) < 4.78 is 58.2. The summed E-state index contributed by atoms with van der Waals surface area (Å²) >= 11 is 0. The SMILES string of the molecule is C=C(C)C(=O)NOC(CC)[N+](C)(C)C.O=S(=O)(O)C(F)(F)F. The molecule has 0 aliphatic heterocycles. The molecule has 0 heterocycles. The van der Waals surface area contributed by atoms with Crippen LogP contribution in [0.3, 0.4) is 0 Å². The van der Waals surface area contributed by atoms with Gasteiger partial charge in [0.15, 0.2) is 0 Å². The molecule has 0 aromatic carbocycles. The Kier molecular flexibility index (Phi) is 8.88. The first-order valence-corrected chi connectivity index (χ1v) is 7.44. The Hall–Kier alpha value is -1.17. The van der Waals surface area contributed by atoms with Gasteiger partial charge in [-0.3, -0.25) is 9.35 Å². The number of halogens is 3. The van der Waals surface area contributed by atoms with Crippen LogP contribution in [0.2, 0.25) is 0 Å². The van der Waals surface area contributed by atoms with Crippen molar-refractivity contribution in [3.05, 3.63) is 12.2 Å². The highest BCUT2D eigenvalue weighted by atomic mass is 32.2. The molecular formula is C11H22F3N2O5S+. The zero-order valence-electron chi connectivity index (χ0n) is 13.1. The number of rotatable bonds is 5. The Morgan fingerprint density at radius 1 is 1.36 bits per heavy atom. The quantitative estimate of drug-likeness (QED) is 0.195. The zero-order chi connectivity index (χ0) is 18.4. The lowest BCUT2D eigenvalue weighted by atomic mass is 10.3. The van der Waals surface area contributed by atoms with Gasteiger partial charge in [-0.2, -0.15) is 21.6 Å². The van der Waals surface area contributed by atoms with E-state index < -0.39 is 15.6 Å². The predicted molar refractivity (Wildman–Crippen MR) is 73.8 cm³/mol.